The van der Waals surface area contributed by atoms with E-state index in [1.807, 2.05) is 0 Å². The van der Waals surface area contributed by atoms with Crippen LogP contribution in [0.2, 0.25) is 0 Å². The molecule has 1 saturated carbocycles. The van der Waals surface area contributed by atoms with Gasteiger partial charge in [0.15, 0.2) is 0 Å². The fourth-order valence-corrected chi connectivity index (χ4v) is 4.01. The lowest BCUT2D eigenvalue weighted by atomic mass is 9.91. The minimum absolute atomic E-state index is 0.0589. The highest BCUT2D eigenvalue weighted by Gasteiger charge is 2.37. The van der Waals surface area contributed by atoms with Crippen LogP contribution in [-0.2, 0) is 12.6 Å². The van der Waals surface area contributed by atoms with Crippen LogP contribution < -0.4 is 11.1 Å². The topological polar surface area (TPSA) is 87.6 Å². The number of nitrogens with two attached hydrogens (primary N) is 1. The van der Waals surface area contributed by atoms with Crippen molar-refractivity contribution in [2.75, 3.05) is 5.32 Å². The van der Waals surface area contributed by atoms with Crippen LogP contribution >= 0.6 is 0 Å². The number of anilines is 1. The lowest BCUT2D eigenvalue weighted by molar-refractivity contribution is -0.138. The first kappa shape index (κ1) is 19.4. The van der Waals surface area contributed by atoms with Gasteiger partial charge in [0.05, 0.1) is 17.3 Å². The minimum atomic E-state index is -4.58. The number of allylic oxidation sites excluding steroid dienone is 1. The van der Waals surface area contributed by atoms with Crippen LogP contribution in [0.1, 0.15) is 53.6 Å². The van der Waals surface area contributed by atoms with E-state index in [-0.39, 0.29) is 23.7 Å². The number of nitriles is 1. The Kier molecular flexibility index (Phi) is 5.01. The van der Waals surface area contributed by atoms with Gasteiger partial charge in [0, 0.05) is 23.9 Å². The Hall–Kier alpha value is -2.92. The second-order valence-corrected chi connectivity index (χ2v) is 7.46. The number of hydrogen-bond acceptors (Lipinski definition) is 5. The predicted molar refractivity (Wildman–Crippen MR) is 103 cm³/mol. The molecule has 3 N–H and O–H groups in total. The van der Waals surface area contributed by atoms with Gasteiger partial charge in [0.2, 0.25) is 5.95 Å². The van der Waals surface area contributed by atoms with Gasteiger partial charge in [-0.1, -0.05) is 25.0 Å². The molecule has 0 unspecified atom stereocenters. The van der Waals surface area contributed by atoms with Crippen molar-refractivity contribution in [1.82, 2.24) is 9.97 Å². The Bertz CT molecular complexity index is 1010. The molecule has 2 aromatic rings. The van der Waals surface area contributed by atoms with Gasteiger partial charge < -0.3 is 11.1 Å². The summed E-state index contributed by atoms with van der Waals surface area (Å²) < 4.78 is 41.0. The highest BCUT2D eigenvalue weighted by atomic mass is 19.4. The number of nitrogens with one attached hydrogen (secondary N) is 1. The molecule has 0 aliphatic heterocycles. The van der Waals surface area contributed by atoms with Gasteiger partial charge in [-0.15, -0.1) is 0 Å². The molecule has 0 radical (unpaired) electrons. The largest absolute Gasteiger partial charge is 0.419 e. The van der Waals surface area contributed by atoms with E-state index >= 15 is 0 Å². The number of aromatic nitrogens is 2. The fourth-order valence-electron chi connectivity index (χ4n) is 4.01. The van der Waals surface area contributed by atoms with Crippen LogP contribution in [0.15, 0.2) is 30.5 Å². The third kappa shape index (κ3) is 3.83. The lowest BCUT2D eigenvalue weighted by Gasteiger charge is -2.29. The molecule has 1 aromatic heterocycles. The molecule has 2 aliphatic rings. The molecule has 2 atom stereocenters. The Morgan fingerprint density at radius 1 is 1.21 bits per heavy atom. The predicted octanol–water partition coefficient (Wildman–Crippen LogP) is 4.04. The third-order valence-electron chi connectivity index (χ3n) is 5.53. The summed E-state index contributed by atoms with van der Waals surface area (Å²) in [5, 5.41) is 12.2. The van der Waals surface area contributed by atoms with E-state index in [1.165, 1.54) is 0 Å². The fraction of sp³-hybridized carbons (Fsp3) is 0.381. The summed E-state index contributed by atoms with van der Waals surface area (Å²) in [5.41, 5.74) is 7.48. The van der Waals surface area contributed by atoms with E-state index in [1.54, 1.807) is 24.3 Å². The first-order valence-corrected chi connectivity index (χ1v) is 9.57. The Morgan fingerprint density at radius 3 is 2.72 bits per heavy atom. The molecular formula is C21H20F3N5. The van der Waals surface area contributed by atoms with Gasteiger partial charge in [0.25, 0.3) is 0 Å². The van der Waals surface area contributed by atoms with Crippen molar-refractivity contribution in [2.45, 2.75) is 50.4 Å². The van der Waals surface area contributed by atoms with E-state index < -0.39 is 11.7 Å². The molecule has 2 aliphatic carbocycles. The summed E-state index contributed by atoms with van der Waals surface area (Å²) in [6.45, 7) is 0. The molecule has 29 heavy (non-hydrogen) atoms. The first-order valence-electron chi connectivity index (χ1n) is 9.57. The summed E-state index contributed by atoms with van der Waals surface area (Å²) in [5.74, 6) is 0.151. The maximum absolute atomic E-state index is 13.7. The van der Waals surface area contributed by atoms with Gasteiger partial charge in [-0.3, -0.25) is 0 Å². The maximum Gasteiger partial charge on any atom is 0.419 e. The second kappa shape index (κ2) is 7.48. The van der Waals surface area contributed by atoms with E-state index in [0.29, 0.717) is 23.1 Å². The van der Waals surface area contributed by atoms with Gasteiger partial charge >= 0.3 is 6.18 Å². The molecule has 5 nitrogen and oxygen atoms in total. The molecular weight excluding hydrogens is 379 g/mol. The highest BCUT2D eigenvalue weighted by Crippen LogP contribution is 2.39. The number of nitrogens with zero attached hydrogens (tertiary/aromatic N) is 3. The molecule has 0 bridgehead atoms. The summed E-state index contributed by atoms with van der Waals surface area (Å²) in [4.78, 5) is 8.18. The van der Waals surface area contributed by atoms with Crippen molar-refractivity contribution in [3.63, 3.8) is 0 Å². The molecule has 1 aromatic carbocycles. The van der Waals surface area contributed by atoms with Crippen molar-refractivity contribution in [3.05, 3.63) is 58.4 Å². The van der Waals surface area contributed by atoms with Gasteiger partial charge in [-0.25, -0.2) is 9.97 Å². The van der Waals surface area contributed by atoms with Crippen molar-refractivity contribution in [3.8, 4) is 6.07 Å². The number of rotatable bonds is 3. The van der Waals surface area contributed by atoms with Crippen LogP contribution in [0, 0.1) is 11.3 Å². The van der Waals surface area contributed by atoms with Crippen molar-refractivity contribution in [2.24, 2.45) is 5.73 Å². The summed E-state index contributed by atoms with van der Waals surface area (Å²) in [6, 6.07) is 6.91. The number of hydrogen-bond donors (Lipinski definition) is 2. The van der Waals surface area contributed by atoms with Crippen LogP contribution in [0.25, 0.3) is 5.57 Å². The standard InChI is InChI=1S/C21H20F3N5/c22-21(23,24)16-11-27-20(28-18-4-2-1-3-17(18)26)29-19(16)15-8-6-13-9-12(10-25)5-7-14(13)15/h5,7-9,11,17-18H,1-4,6,26H2,(H,27,28,29)/t17-,18-/m0/s1. The van der Waals surface area contributed by atoms with E-state index in [9.17, 15) is 13.2 Å². The number of alkyl halides is 3. The van der Waals surface area contributed by atoms with E-state index in [2.05, 4.69) is 21.4 Å². The zero-order valence-electron chi connectivity index (χ0n) is 15.6. The summed E-state index contributed by atoms with van der Waals surface area (Å²) in [7, 11) is 0. The molecule has 150 valence electrons. The van der Waals surface area contributed by atoms with Crippen LogP contribution in [0.5, 0.6) is 0 Å². The number of halogens is 3. The summed E-state index contributed by atoms with van der Waals surface area (Å²) in [6.07, 6.45) is 2.20. The normalized spacial score (nSPS) is 21.3. The second-order valence-electron chi connectivity index (χ2n) is 7.46. The van der Waals surface area contributed by atoms with Crippen molar-refractivity contribution in [1.29, 1.82) is 5.26 Å². The van der Waals surface area contributed by atoms with Crippen LogP contribution in [0.4, 0.5) is 19.1 Å². The van der Waals surface area contributed by atoms with Gasteiger partial charge in [0.1, 0.15) is 5.56 Å². The molecule has 1 fully saturated rings. The van der Waals surface area contributed by atoms with Crippen molar-refractivity contribution >= 4 is 11.5 Å². The Morgan fingerprint density at radius 2 is 2.00 bits per heavy atom. The van der Waals surface area contributed by atoms with Gasteiger partial charge in [-0.05, 0) is 42.5 Å². The average molecular weight is 399 g/mol. The van der Waals surface area contributed by atoms with E-state index in [4.69, 9.17) is 11.0 Å². The quantitative estimate of drug-likeness (QED) is 0.813. The third-order valence-corrected chi connectivity index (χ3v) is 5.53. The van der Waals surface area contributed by atoms with Crippen LogP contribution in [0.3, 0.4) is 0 Å². The molecule has 4 rings (SSSR count). The molecule has 0 amide bonds. The zero-order valence-corrected chi connectivity index (χ0v) is 15.6. The average Bonchev–Trinajstić information content (AvgIpc) is 3.12. The van der Waals surface area contributed by atoms with E-state index in [0.717, 1.165) is 37.4 Å². The molecule has 1 heterocycles. The number of fused-ring (bicyclic) bond motifs is 1. The smallest absolute Gasteiger partial charge is 0.350 e. The number of benzene rings is 1. The summed E-state index contributed by atoms with van der Waals surface area (Å²) >= 11 is 0. The molecule has 0 spiro atoms. The zero-order chi connectivity index (χ0) is 20.6. The maximum atomic E-state index is 13.7. The molecule has 8 heteroatoms. The van der Waals surface area contributed by atoms with Gasteiger partial charge in [-0.2, -0.15) is 18.4 Å². The first-order chi connectivity index (χ1) is 13.9. The monoisotopic (exact) mass is 399 g/mol. The lowest BCUT2D eigenvalue weighted by Crippen LogP contribution is -2.43. The van der Waals surface area contributed by atoms with Crippen LogP contribution in [-0.4, -0.2) is 22.1 Å². The highest BCUT2D eigenvalue weighted by molar-refractivity contribution is 5.85. The Labute approximate surface area is 166 Å². The minimum Gasteiger partial charge on any atom is -0.350 e. The van der Waals surface area contributed by atoms with Crippen molar-refractivity contribution < 1.29 is 13.2 Å². The SMILES string of the molecule is N#Cc1ccc2c(c1)CC=C2c1nc(N[C@H]2CCCC[C@@H]2N)ncc1C(F)(F)F. The molecule has 0 saturated heterocycles. The Balaban J connectivity index is 1.73.